The van der Waals surface area contributed by atoms with Crippen molar-refractivity contribution in [2.24, 2.45) is 0 Å². The lowest BCUT2D eigenvalue weighted by Gasteiger charge is -2.05. The van der Waals surface area contributed by atoms with Gasteiger partial charge in [-0.3, -0.25) is 0 Å². The Hall–Kier alpha value is -1.94. The van der Waals surface area contributed by atoms with Crippen molar-refractivity contribution in [2.45, 2.75) is 19.9 Å². The average molecular weight is 286 g/mol. The van der Waals surface area contributed by atoms with Crippen LogP contribution < -0.4 is 0 Å². The van der Waals surface area contributed by atoms with Crippen LogP contribution in [-0.4, -0.2) is 9.55 Å². The molecule has 3 rings (SSSR count). The molecule has 0 unspecified atom stereocenters. The number of halogens is 1. The molecule has 0 saturated heterocycles. The third-order valence-electron chi connectivity index (χ3n) is 3.44. The summed E-state index contributed by atoms with van der Waals surface area (Å²) >= 11 is 5.37. The van der Waals surface area contributed by atoms with E-state index in [-0.39, 0.29) is 5.82 Å². The molecule has 0 radical (unpaired) electrons. The first-order valence-corrected chi connectivity index (χ1v) is 6.98. The highest BCUT2D eigenvalue weighted by Gasteiger charge is 2.05. The standard InChI is InChI=1S/C16H15FN2S/c1-11-5-6-15-14(9-11)18-16(20)19(15)8-7-12-3-2-4-13(17)10-12/h2-6,9-10H,7-8H2,1H3,(H,18,20). The number of hydrogen-bond donors (Lipinski definition) is 1. The number of H-pyrrole nitrogens is 1. The smallest absolute Gasteiger partial charge is 0.178 e. The maximum absolute atomic E-state index is 13.2. The molecule has 0 amide bonds. The van der Waals surface area contributed by atoms with Crippen LogP contribution in [-0.2, 0) is 13.0 Å². The van der Waals surface area contributed by atoms with Gasteiger partial charge in [0.05, 0.1) is 11.0 Å². The number of aromatic nitrogens is 2. The maximum atomic E-state index is 13.2. The first kappa shape index (κ1) is 13.1. The summed E-state index contributed by atoms with van der Waals surface area (Å²) in [5, 5.41) is 0. The fourth-order valence-corrected chi connectivity index (χ4v) is 2.73. The van der Waals surface area contributed by atoms with E-state index >= 15 is 0 Å². The van der Waals surface area contributed by atoms with Gasteiger partial charge in [-0.1, -0.05) is 18.2 Å². The molecule has 3 aromatic rings. The first-order chi connectivity index (χ1) is 9.63. The van der Waals surface area contributed by atoms with Gasteiger partial charge in [0.2, 0.25) is 0 Å². The summed E-state index contributed by atoms with van der Waals surface area (Å²) in [5.74, 6) is -0.194. The fraction of sp³-hybridized carbons (Fsp3) is 0.188. The normalized spacial score (nSPS) is 11.1. The van der Waals surface area contributed by atoms with Gasteiger partial charge in [0.15, 0.2) is 4.77 Å². The number of nitrogens with zero attached hydrogens (tertiary/aromatic N) is 1. The second-order valence-electron chi connectivity index (χ2n) is 4.98. The zero-order valence-corrected chi connectivity index (χ0v) is 12.0. The van der Waals surface area contributed by atoms with E-state index < -0.39 is 0 Å². The molecular weight excluding hydrogens is 271 g/mol. The molecule has 0 saturated carbocycles. The molecule has 0 aliphatic carbocycles. The van der Waals surface area contributed by atoms with Gasteiger partial charge in [0, 0.05) is 6.54 Å². The average Bonchev–Trinajstić information content (AvgIpc) is 2.71. The number of benzene rings is 2. The molecule has 2 nitrogen and oxygen atoms in total. The van der Waals surface area contributed by atoms with E-state index in [1.807, 2.05) is 6.07 Å². The Kier molecular flexibility index (Phi) is 3.40. The Labute approximate surface area is 121 Å². The largest absolute Gasteiger partial charge is 0.331 e. The number of rotatable bonds is 3. The van der Waals surface area contributed by atoms with E-state index in [9.17, 15) is 4.39 Å². The van der Waals surface area contributed by atoms with Crippen LogP contribution in [0.3, 0.4) is 0 Å². The summed E-state index contributed by atoms with van der Waals surface area (Å²) < 4.78 is 16.0. The van der Waals surface area contributed by atoms with Crippen LogP contribution in [0.4, 0.5) is 4.39 Å². The van der Waals surface area contributed by atoms with Gasteiger partial charge in [-0.05, 0) is 61.0 Å². The molecule has 0 atom stereocenters. The summed E-state index contributed by atoms with van der Waals surface area (Å²) in [6, 6.07) is 12.9. The summed E-state index contributed by atoms with van der Waals surface area (Å²) in [6.07, 6.45) is 0.757. The van der Waals surface area contributed by atoms with E-state index in [4.69, 9.17) is 12.2 Å². The maximum Gasteiger partial charge on any atom is 0.178 e. The number of hydrogen-bond acceptors (Lipinski definition) is 1. The van der Waals surface area contributed by atoms with Gasteiger partial charge in [0.1, 0.15) is 5.82 Å². The lowest BCUT2D eigenvalue weighted by molar-refractivity contribution is 0.622. The van der Waals surface area contributed by atoms with Crippen LogP contribution in [0.15, 0.2) is 42.5 Å². The van der Waals surface area contributed by atoms with Crippen LogP contribution in [0, 0.1) is 17.5 Å². The van der Waals surface area contributed by atoms with Gasteiger partial charge in [0.25, 0.3) is 0 Å². The van der Waals surface area contributed by atoms with Gasteiger partial charge in [-0.15, -0.1) is 0 Å². The molecule has 0 aliphatic heterocycles. The highest BCUT2D eigenvalue weighted by Crippen LogP contribution is 2.17. The predicted molar refractivity (Wildman–Crippen MR) is 82.0 cm³/mol. The number of nitrogens with one attached hydrogen (secondary N) is 1. The molecule has 1 heterocycles. The number of aromatic amines is 1. The fourth-order valence-electron chi connectivity index (χ4n) is 2.43. The van der Waals surface area contributed by atoms with Crippen molar-refractivity contribution in [1.82, 2.24) is 9.55 Å². The van der Waals surface area contributed by atoms with Crippen LogP contribution in [0.1, 0.15) is 11.1 Å². The minimum absolute atomic E-state index is 0.194. The molecule has 102 valence electrons. The van der Waals surface area contributed by atoms with Crippen molar-refractivity contribution >= 4 is 23.3 Å². The zero-order valence-electron chi connectivity index (χ0n) is 11.2. The molecule has 2 aromatic carbocycles. The molecule has 20 heavy (non-hydrogen) atoms. The van der Waals surface area contributed by atoms with Crippen LogP contribution >= 0.6 is 12.2 Å². The Balaban J connectivity index is 1.91. The molecular formula is C16H15FN2S. The van der Waals surface area contributed by atoms with Crippen LogP contribution in [0.25, 0.3) is 11.0 Å². The Morgan fingerprint density at radius 3 is 2.85 bits per heavy atom. The molecule has 0 aliphatic rings. The Morgan fingerprint density at radius 1 is 1.20 bits per heavy atom. The van der Waals surface area contributed by atoms with Crippen LogP contribution in [0.2, 0.25) is 0 Å². The monoisotopic (exact) mass is 286 g/mol. The molecule has 0 fully saturated rings. The Morgan fingerprint density at radius 2 is 2.05 bits per heavy atom. The molecule has 4 heteroatoms. The van der Waals surface area contributed by atoms with Gasteiger partial charge >= 0.3 is 0 Å². The Bertz CT molecular complexity index is 817. The minimum Gasteiger partial charge on any atom is -0.331 e. The number of fused-ring (bicyclic) bond motifs is 1. The highest BCUT2D eigenvalue weighted by molar-refractivity contribution is 7.71. The number of imidazole rings is 1. The lowest BCUT2D eigenvalue weighted by atomic mass is 10.1. The minimum atomic E-state index is -0.194. The van der Waals surface area contributed by atoms with E-state index in [1.54, 1.807) is 12.1 Å². The first-order valence-electron chi connectivity index (χ1n) is 6.57. The van der Waals surface area contributed by atoms with Gasteiger partial charge in [-0.2, -0.15) is 0 Å². The second-order valence-corrected chi connectivity index (χ2v) is 5.37. The van der Waals surface area contributed by atoms with E-state index in [0.717, 1.165) is 29.6 Å². The number of aryl methyl sites for hydroxylation is 3. The molecule has 1 aromatic heterocycles. The third kappa shape index (κ3) is 2.51. The van der Waals surface area contributed by atoms with E-state index in [1.165, 1.54) is 11.6 Å². The zero-order chi connectivity index (χ0) is 14.1. The van der Waals surface area contributed by atoms with Crippen molar-refractivity contribution < 1.29 is 4.39 Å². The summed E-state index contributed by atoms with van der Waals surface area (Å²) in [6.45, 7) is 2.80. The second kappa shape index (κ2) is 5.21. The molecule has 0 bridgehead atoms. The lowest BCUT2D eigenvalue weighted by Crippen LogP contribution is -2.01. The van der Waals surface area contributed by atoms with Crippen LogP contribution in [0.5, 0.6) is 0 Å². The van der Waals surface area contributed by atoms with E-state index in [2.05, 4.69) is 34.7 Å². The summed E-state index contributed by atoms with van der Waals surface area (Å²) in [7, 11) is 0. The third-order valence-corrected chi connectivity index (χ3v) is 3.77. The summed E-state index contributed by atoms with van der Waals surface area (Å²) in [4.78, 5) is 3.22. The molecule has 0 spiro atoms. The highest BCUT2D eigenvalue weighted by atomic mass is 32.1. The van der Waals surface area contributed by atoms with Gasteiger partial charge in [-0.25, -0.2) is 4.39 Å². The SMILES string of the molecule is Cc1ccc2c(c1)[nH]c(=S)n2CCc1cccc(F)c1. The topological polar surface area (TPSA) is 20.7 Å². The molecule has 1 N–H and O–H groups in total. The van der Waals surface area contributed by atoms with Crippen molar-refractivity contribution in [1.29, 1.82) is 0 Å². The van der Waals surface area contributed by atoms with Crippen molar-refractivity contribution in [3.8, 4) is 0 Å². The van der Waals surface area contributed by atoms with Crippen molar-refractivity contribution in [3.63, 3.8) is 0 Å². The van der Waals surface area contributed by atoms with Gasteiger partial charge < -0.3 is 9.55 Å². The summed E-state index contributed by atoms with van der Waals surface area (Å²) in [5.41, 5.74) is 4.32. The van der Waals surface area contributed by atoms with Crippen molar-refractivity contribution in [3.05, 3.63) is 64.2 Å². The quantitative estimate of drug-likeness (QED) is 0.708. The predicted octanol–water partition coefficient (Wildman–Crippen LogP) is 4.39. The van der Waals surface area contributed by atoms with Crippen molar-refractivity contribution in [2.75, 3.05) is 0 Å². The van der Waals surface area contributed by atoms with E-state index in [0.29, 0.717) is 4.77 Å².